The minimum Gasteiger partial charge on any atom is -0.435 e. The number of nitrogens with zero attached hydrogens (tertiary/aromatic N) is 1. The Morgan fingerprint density at radius 2 is 1.80 bits per heavy atom. The summed E-state index contributed by atoms with van der Waals surface area (Å²) in [6.45, 7) is 7.66. The number of carbonyl (C=O) groups is 5. The lowest BCUT2D eigenvalue weighted by atomic mass is 9.79. The molecular weight excluding hydrogens is 552 g/mol. The Morgan fingerprint density at radius 3 is 2.45 bits per heavy atom. The number of aliphatic hydroxyl groups is 1. The van der Waals surface area contributed by atoms with E-state index in [0.717, 1.165) is 0 Å². The average Bonchev–Trinajstić information content (AvgIpc) is 3.43. The second-order valence-electron chi connectivity index (χ2n) is 9.75. The lowest BCUT2D eigenvalue weighted by Crippen LogP contribution is -2.63. The van der Waals surface area contributed by atoms with E-state index in [-0.39, 0.29) is 35.9 Å². The predicted octanol–water partition coefficient (Wildman–Crippen LogP) is 1.50. The van der Waals surface area contributed by atoms with E-state index >= 15 is 0 Å². The van der Waals surface area contributed by atoms with E-state index < -0.39 is 67.8 Å². The van der Waals surface area contributed by atoms with E-state index in [9.17, 15) is 29.1 Å². The summed E-state index contributed by atoms with van der Waals surface area (Å²) in [6.07, 6.45) is -2.55. The topological polar surface area (TPSA) is 176 Å². The van der Waals surface area contributed by atoms with Gasteiger partial charge in [-0.15, -0.1) is 11.8 Å². The van der Waals surface area contributed by atoms with Crippen LogP contribution < -0.4 is 5.32 Å². The molecule has 3 aliphatic rings. The van der Waals surface area contributed by atoms with Crippen LogP contribution in [0.3, 0.4) is 0 Å². The number of fused-ring (bicyclic) bond motifs is 1. The number of amides is 2. The molecule has 3 aliphatic heterocycles. The van der Waals surface area contributed by atoms with E-state index in [2.05, 4.69) is 10.1 Å². The Bertz CT molecular complexity index is 1020. The van der Waals surface area contributed by atoms with Crippen LogP contribution in [0.15, 0.2) is 10.6 Å². The molecule has 2 fully saturated rings. The Kier molecular flexibility index (Phi) is 11.0. The van der Waals surface area contributed by atoms with Gasteiger partial charge in [-0.1, -0.05) is 20.8 Å². The van der Waals surface area contributed by atoms with Crippen molar-refractivity contribution in [1.82, 2.24) is 10.2 Å². The molecule has 0 aliphatic carbocycles. The summed E-state index contributed by atoms with van der Waals surface area (Å²) in [6, 6.07) is -0.439. The molecule has 2 saturated heterocycles. The van der Waals surface area contributed by atoms with Crippen LogP contribution in [0.2, 0.25) is 0 Å². The van der Waals surface area contributed by atoms with Gasteiger partial charge in [0, 0.05) is 29.2 Å². The molecule has 0 aromatic heterocycles. The molecule has 15 heteroatoms. The third kappa shape index (κ3) is 7.18. The molecule has 2 N–H and O–H groups in total. The minimum atomic E-state index is -0.999. The smallest absolute Gasteiger partial charge is 0.435 e. The Morgan fingerprint density at radius 1 is 1.10 bits per heavy atom. The number of hydrogen-bond donors (Lipinski definition) is 2. The summed E-state index contributed by atoms with van der Waals surface area (Å²) in [4.78, 5) is 62.8. The van der Waals surface area contributed by atoms with Gasteiger partial charge >= 0.3 is 24.2 Å². The highest BCUT2D eigenvalue weighted by molar-refractivity contribution is 8.03. The van der Waals surface area contributed by atoms with Crippen molar-refractivity contribution in [3.63, 3.8) is 0 Å². The highest BCUT2D eigenvalue weighted by atomic mass is 32.2. The molecule has 0 bridgehead atoms. The number of aliphatic hydroxyl groups excluding tert-OH is 1. The van der Waals surface area contributed by atoms with E-state index in [4.69, 9.17) is 23.7 Å². The molecule has 40 heavy (non-hydrogen) atoms. The molecule has 0 saturated carbocycles. The molecule has 2 amide bonds. The predicted molar refractivity (Wildman–Crippen MR) is 137 cm³/mol. The van der Waals surface area contributed by atoms with Crippen molar-refractivity contribution in [2.75, 3.05) is 33.3 Å². The van der Waals surface area contributed by atoms with Crippen molar-refractivity contribution < 1.29 is 57.5 Å². The number of alkyl carbamates (subject to hydrolysis) is 1. The maximum atomic E-state index is 13.1. The number of β-lactam (4-membered cyclic amide) rings is 1. The quantitative estimate of drug-likeness (QED) is 0.145. The fourth-order valence-electron chi connectivity index (χ4n) is 4.69. The number of hydrogen-bond acceptors (Lipinski definition) is 13. The summed E-state index contributed by atoms with van der Waals surface area (Å²) < 4.78 is 30.0. The van der Waals surface area contributed by atoms with Crippen LogP contribution >= 0.6 is 11.8 Å². The SMILES string of the molecule is CCOC(=O)OCOC(=O)C1=C(S[C@@H]2CCO[C@@H]2CNC(=O)OCOC(=O)C(C)C)[C@H](C)C2[C@@H]([C@@H](C)O)C(=O)N12. The second kappa shape index (κ2) is 14.0. The van der Waals surface area contributed by atoms with Gasteiger partial charge in [0.2, 0.25) is 19.5 Å². The molecule has 1 unspecified atom stereocenters. The largest absolute Gasteiger partial charge is 0.511 e. The molecule has 0 aromatic carbocycles. The monoisotopic (exact) mass is 588 g/mol. The molecule has 3 rings (SSSR count). The first-order valence-electron chi connectivity index (χ1n) is 13.0. The van der Waals surface area contributed by atoms with E-state index in [1.54, 1.807) is 20.8 Å². The zero-order chi connectivity index (χ0) is 29.6. The van der Waals surface area contributed by atoms with Gasteiger partial charge in [0.05, 0.1) is 36.7 Å². The van der Waals surface area contributed by atoms with Crippen molar-refractivity contribution >= 4 is 41.9 Å². The number of nitrogens with one attached hydrogen (secondary N) is 1. The fraction of sp³-hybridized carbons (Fsp3) is 0.720. The lowest BCUT2D eigenvalue weighted by Gasteiger charge is -2.46. The van der Waals surface area contributed by atoms with Crippen molar-refractivity contribution in [2.45, 2.75) is 64.5 Å². The van der Waals surface area contributed by atoms with Gasteiger partial charge in [-0.2, -0.15) is 0 Å². The van der Waals surface area contributed by atoms with E-state index in [0.29, 0.717) is 17.9 Å². The molecule has 0 aromatic rings. The van der Waals surface area contributed by atoms with E-state index in [1.807, 2.05) is 6.92 Å². The van der Waals surface area contributed by atoms with Crippen LogP contribution in [0.1, 0.15) is 41.0 Å². The van der Waals surface area contributed by atoms with Crippen molar-refractivity contribution in [2.24, 2.45) is 17.8 Å². The number of rotatable bonds is 12. The van der Waals surface area contributed by atoms with Crippen LogP contribution in [-0.4, -0.2) is 96.9 Å². The third-order valence-corrected chi connectivity index (χ3v) is 8.33. The van der Waals surface area contributed by atoms with Gasteiger partial charge in [-0.25, -0.2) is 14.4 Å². The first-order chi connectivity index (χ1) is 19.0. The third-order valence-electron chi connectivity index (χ3n) is 6.67. The highest BCUT2D eigenvalue weighted by Crippen LogP contribution is 2.52. The zero-order valence-electron chi connectivity index (χ0n) is 23.1. The van der Waals surface area contributed by atoms with Gasteiger partial charge in [0.15, 0.2) is 0 Å². The van der Waals surface area contributed by atoms with Crippen molar-refractivity contribution in [3.05, 3.63) is 10.6 Å². The minimum absolute atomic E-state index is 0.0295. The van der Waals surface area contributed by atoms with Gasteiger partial charge < -0.3 is 43.7 Å². The first kappa shape index (κ1) is 31.5. The normalized spacial score (nSPS) is 26.1. The Balaban J connectivity index is 1.66. The Hall–Kier alpha value is -3.04. The standard InChI is InChI=1S/C25H36N2O12S/c1-6-34-25(33)39-11-37-23(31)19-20(13(4)18-17(14(5)28)21(29)27(18)19)40-16-7-8-35-15(16)9-26-24(32)38-10-36-22(30)12(2)3/h12-18,28H,6-11H2,1-5H3,(H,26,32)/t13-,14-,15-,16-,17-,18?/m1/s1. The van der Waals surface area contributed by atoms with Gasteiger partial charge in [-0.05, 0) is 20.3 Å². The first-order valence-corrected chi connectivity index (χ1v) is 13.9. The highest BCUT2D eigenvalue weighted by Gasteiger charge is 2.60. The molecule has 14 nitrogen and oxygen atoms in total. The van der Waals surface area contributed by atoms with Crippen LogP contribution in [0.5, 0.6) is 0 Å². The van der Waals surface area contributed by atoms with Gasteiger partial charge in [0.1, 0.15) is 5.70 Å². The lowest BCUT2D eigenvalue weighted by molar-refractivity contribution is -0.166. The summed E-state index contributed by atoms with van der Waals surface area (Å²) in [5.74, 6) is -3.08. The summed E-state index contributed by atoms with van der Waals surface area (Å²) >= 11 is 1.34. The number of esters is 2. The zero-order valence-corrected chi connectivity index (χ0v) is 23.9. The van der Waals surface area contributed by atoms with Crippen molar-refractivity contribution in [1.29, 1.82) is 0 Å². The fourth-order valence-corrected chi connectivity index (χ4v) is 6.20. The van der Waals surface area contributed by atoms with Crippen LogP contribution in [-0.2, 0) is 42.8 Å². The molecular formula is C25H36N2O12S. The molecule has 3 heterocycles. The molecule has 6 atom stereocenters. The average molecular weight is 589 g/mol. The molecule has 224 valence electrons. The molecule has 0 spiro atoms. The van der Waals surface area contributed by atoms with E-state index in [1.165, 1.54) is 23.6 Å². The molecule has 0 radical (unpaired) electrons. The summed E-state index contributed by atoms with van der Waals surface area (Å²) in [5, 5.41) is 12.6. The van der Waals surface area contributed by atoms with Gasteiger partial charge in [0.25, 0.3) is 0 Å². The van der Waals surface area contributed by atoms with Crippen molar-refractivity contribution in [3.8, 4) is 0 Å². The number of thioether (sulfide) groups is 1. The summed E-state index contributed by atoms with van der Waals surface area (Å²) in [7, 11) is 0. The Labute approximate surface area is 236 Å². The maximum absolute atomic E-state index is 13.1. The van der Waals surface area contributed by atoms with Crippen LogP contribution in [0.25, 0.3) is 0 Å². The number of carbonyl (C=O) groups excluding carboxylic acids is 5. The summed E-state index contributed by atoms with van der Waals surface area (Å²) in [5.41, 5.74) is 0.0295. The second-order valence-corrected chi connectivity index (χ2v) is 11.0. The number of ether oxygens (including phenoxy) is 6. The van der Waals surface area contributed by atoms with Crippen LogP contribution in [0.4, 0.5) is 9.59 Å². The van der Waals surface area contributed by atoms with Gasteiger partial charge in [-0.3, -0.25) is 9.59 Å². The maximum Gasteiger partial charge on any atom is 0.511 e. The van der Waals surface area contributed by atoms with Crippen LogP contribution in [0, 0.1) is 17.8 Å².